The van der Waals surface area contributed by atoms with Crippen LogP contribution in [0.5, 0.6) is 11.5 Å². The lowest BCUT2D eigenvalue weighted by molar-refractivity contribution is -0.171. The first-order chi connectivity index (χ1) is 37.9. The maximum absolute atomic E-state index is 14.2. The molecule has 4 amide bonds. The maximum atomic E-state index is 14.2. The zero-order valence-corrected chi connectivity index (χ0v) is 43.5. The van der Waals surface area contributed by atoms with Crippen LogP contribution in [-0.4, -0.2) is 85.5 Å². The number of esters is 3. The highest BCUT2D eigenvalue weighted by Gasteiger charge is 2.34. The minimum Gasteiger partial charge on any atom is -0.497 e. The van der Waals surface area contributed by atoms with Crippen LogP contribution in [0.4, 0.5) is 0 Å². The number of benzene rings is 5. The lowest BCUT2D eigenvalue weighted by atomic mass is 9.90. The highest BCUT2D eigenvalue weighted by Crippen LogP contribution is 2.30. The Morgan fingerprint density at radius 3 is 1.87 bits per heavy atom. The van der Waals surface area contributed by atoms with Gasteiger partial charge in [0.1, 0.15) is 43.1 Å². The van der Waals surface area contributed by atoms with Crippen molar-refractivity contribution in [2.45, 2.75) is 84.3 Å². The van der Waals surface area contributed by atoms with E-state index >= 15 is 0 Å². The number of nitrogens with one attached hydrogen (secondary N) is 3. The molecule has 3 atom stereocenters. The number of hydrogen-bond donors (Lipinski definition) is 3. The number of amides is 4. The summed E-state index contributed by atoms with van der Waals surface area (Å²) in [7, 11) is 1.49. The number of carbonyl (C=O) groups is 8. The van der Waals surface area contributed by atoms with Gasteiger partial charge in [-0.3, -0.25) is 24.0 Å². The standard InChI is InChI=1S/C59H62N4O15/c1-4-6-10-23-46(49(5-2)63(39-64)78-58(70)43-24-27-45(72-3)28-25-43)55(67)60-38-61-57(69)51-31-30-50(77-51)44-26-29-47(52(32-44)73-37-54(66)75-35-41-19-13-8-14-20-41)56(68)62-48(59(71)76-36-42-21-15-9-16-22-42)33-53(65)74-34-40-17-11-7-12-18-40/h7-9,11-22,24-32,39,46,48-49H,4-6,10,23,33-38H2,1-3H3,(H,60,67)(H,61,69)(H,62,68)/t46?,48?,49-/m1/s1. The fourth-order valence-corrected chi connectivity index (χ4v) is 7.96. The Hall–Kier alpha value is -9.26. The van der Waals surface area contributed by atoms with Crippen molar-refractivity contribution in [3.8, 4) is 22.8 Å². The molecule has 6 rings (SSSR count). The summed E-state index contributed by atoms with van der Waals surface area (Å²) in [5.74, 6) is -5.84. The van der Waals surface area contributed by atoms with E-state index in [9.17, 15) is 38.4 Å². The van der Waals surface area contributed by atoms with E-state index in [4.69, 9.17) is 32.9 Å². The van der Waals surface area contributed by atoms with E-state index in [0.29, 0.717) is 41.7 Å². The van der Waals surface area contributed by atoms with Crippen LogP contribution in [0, 0.1) is 5.92 Å². The number of furan rings is 1. The largest absolute Gasteiger partial charge is 0.497 e. The van der Waals surface area contributed by atoms with E-state index in [2.05, 4.69) is 16.0 Å². The van der Waals surface area contributed by atoms with Crippen LogP contribution in [0.25, 0.3) is 11.3 Å². The van der Waals surface area contributed by atoms with Gasteiger partial charge in [-0.1, -0.05) is 130 Å². The van der Waals surface area contributed by atoms with Crippen molar-refractivity contribution in [2.75, 3.05) is 20.4 Å². The second-order valence-corrected chi connectivity index (χ2v) is 17.7. The third kappa shape index (κ3) is 17.7. The van der Waals surface area contributed by atoms with Crippen molar-refractivity contribution in [3.63, 3.8) is 0 Å². The number of rotatable bonds is 30. The fourth-order valence-electron chi connectivity index (χ4n) is 7.96. The van der Waals surface area contributed by atoms with Gasteiger partial charge in [-0.2, -0.15) is 5.06 Å². The minimum absolute atomic E-state index is 0.0504. The van der Waals surface area contributed by atoms with Gasteiger partial charge in [-0.25, -0.2) is 14.4 Å². The zero-order chi connectivity index (χ0) is 55.7. The van der Waals surface area contributed by atoms with Crippen molar-refractivity contribution in [1.82, 2.24) is 21.0 Å². The van der Waals surface area contributed by atoms with Crippen LogP contribution in [0.15, 0.2) is 150 Å². The van der Waals surface area contributed by atoms with Crippen molar-refractivity contribution in [1.29, 1.82) is 0 Å². The van der Waals surface area contributed by atoms with E-state index in [1.165, 1.54) is 49.6 Å². The Labute approximate surface area is 451 Å². The molecule has 0 radical (unpaired) electrons. The molecule has 1 aromatic heterocycles. The van der Waals surface area contributed by atoms with Gasteiger partial charge in [0.25, 0.3) is 11.8 Å². The molecule has 6 aromatic rings. The molecular weight excluding hydrogens is 1000 g/mol. The number of carbonyl (C=O) groups excluding carboxylic acids is 8. The molecule has 0 saturated carbocycles. The number of methoxy groups -OCH3 is 1. The van der Waals surface area contributed by atoms with Crippen LogP contribution in [0.3, 0.4) is 0 Å². The molecule has 0 spiro atoms. The Balaban J connectivity index is 1.16. The highest BCUT2D eigenvalue weighted by atomic mass is 16.7. The van der Waals surface area contributed by atoms with E-state index in [1.807, 2.05) is 19.1 Å². The SMILES string of the molecule is CCCCCC(C(=O)NCNC(=O)c1ccc(-c2ccc(C(=O)NC(CC(=O)OCc3ccccc3)C(=O)OCc3ccccc3)c(OCC(=O)OCc3ccccc3)c2)o1)[C@@H](CC)N(C=O)OC(=O)c1ccc(OC)cc1. The highest BCUT2D eigenvalue weighted by molar-refractivity contribution is 6.00. The van der Waals surface area contributed by atoms with Crippen molar-refractivity contribution >= 4 is 48.0 Å². The summed E-state index contributed by atoms with van der Waals surface area (Å²) in [6, 6.07) is 37.5. The Morgan fingerprint density at radius 2 is 1.28 bits per heavy atom. The van der Waals surface area contributed by atoms with Crippen molar-refractivity contribution in [3.05, 3.63) is 179 Å². The molecule has 0 aliphatic rings. The predicted molar refractivity (Wildman–Crippen MR) is 283 cm³/mol. The van der Waals surface area contributed by atoms with Crippen molar-refractivity contribution in [2.24, 2.45) is 5.92 Å². The average molecular weight is 1070 g/mol. The zero-order valence-electron chi connectivity index (χ0n) is 43.5. The van der Waals surface area contributed by atoms with Crippen LogP contribution in [0.1, 0.15) is 100 Å². The number of hydrogen-bond acceptors (Lipinski definition) is 15. The quantitative estimate of drug-likeness (QED) is 0.00964. The topological polar surface area (TPSA) is 244 Å². The molecule has 19 heteroatoms. The van der Waals surface area contributed by atoms with E-state index in [0.717, 1.165) is 23.5 Å². The Kier molecular flexibility index (Phi) is 22.6. The summed E-state index contributed by atoms with van der Waals surface area (Å²) in [5, 5.41) is 8.74. The first kappa shape index (κ1) is 58.0. The fraction of sp³-hybridized carbons (Fsp3) is 0.288. The predicted octanol–water partition coefficient (Wildman–Crippen LogP) is 8.06. The van der Waals surface area contributed by atoms with Gasteiger partial charge in [0.05, 0.1) is 43.3 Å². The molecule has 408 valence electrons. The van der Waals surface area contributed by atoms with Crippen LogP contribution in [0.2, 0.25) is 0 Å². The summed E-state index contributed by atoms with van der Waals surface area (Å²) >= 11 is 0. The van der Waals surface area contributed by atoms with E-state index in [-0.39, 0.29) is 61.3 Å². The first-order valence-corrected chi connectivity index (χ1v) is 25.3. The number of hydroxylamine groups is 2. The van der Waals surface area contributed by atoms with Crippen molar-refractivity contribution < 1.29 is 71.3 Å². The third-order valence-electron chi connectivity index (χ3n) is 12.2. The molecule has 0 aliphatic carbocycles. The molecule has 1 heterocycles. The second-order valence-electron chi connectivity index (χ2n) is 17.7. The van der Waals surface area contributed by atoms with Crippen LogP contribution < -0.4 is 25.4 Å². The lowest BCUT2D eigenvalue weighted by Crippen LogP contribution is -2.49. The normalized spacial score (nSPS) is 11.8. The van der Waals surface area contributed by atoms with E-state index in [1.54, 1.807) is 97.9 Å². The molecular formula is C59H62N4O15. The first-order valence-electron chi connectivity index (χ1n) is 25.3. The minimum atomic E-state index is -1.52. The molecule has 78 heavy (non-hydrogen) atoms. The summed E-state index contributed by atoms with van der Waals surface area (Å²) in [5.41, 5.74) is 2.40. The molecule has 2 unspecified atom stereocenters. The number of unbranched alkanes of at least 4 members (excludes halogenated alkanes) is 2. The van der Waals surface area contributed by atoms with Crippen LogP contribution >= 0.6 is 0 Å². The molecule has 0 saturated heterocycles. The van der Waals surface area contributed by atoms with Gasteiger partial charge in [0.15, 0.2) is 12.4 Å². The molecule has 0 aliphatic heterocycles. The summed E-state index contributed by atoms with van der Waals surface area (Å²) in [6.07, 6.45) is 2.68. The average Bonchev–Trinajstić information content (AvgIpc) is 3.98. The monoisotopic (exact) mass is 1070 g/mol. The number of ether oxygens (including phenoxy) is 5. The van der Waals surface area contributed by atoms with Gasteiger partial charge in [0.2, 0.25) is 12.3 Å². The van der Waals surface area contributed by atoms with Gasteiger partial charge in [-0.05, 0) is 78.1 Å². The molecule has 19 nitrogen and oxygen atoms in total. The second kappa shape index (κ2) is 30.3. The van der Waals surface area contributed by atoms with Gasteiger partial charge < -0.3 is 48.9 Å². The van der Waals surface area contributed by atoms with Gasteiger partial charge in [-0.15, -0.1) is 0 Å². The lowest BCUT2D eigenvalue weighted by Gasteiger charge is -2.31. The molecule has 0 bridgehead atoms. The van der Waals surface area contributed by atoms with Crippen LogP contribution in [-0.2, 0) is 62.8 Å². The molecule has 3 N–H and O–H groups in total. The number of nitrogens with zero attached hydrogens (tertiary/aromatic N) is 1. The maximum Gasteiger partial charge on any atom is 0.363 e. The summed E-state index contributed by atoms with van der Waals surface area (Å²) in [6.45, 7) is 2.50. The smallest absolute Gasteiger partial charge is 0.363 e. The summed E-state index contributed by atoms with van der Waals surface area (Å²) < 4.78 is 33.4. The summed E-state index contributed by atoms with van der Waals surface area (Å²) in [4.78, 5) is 112. The Bertz CT molecular complexity index is 2930. The third-order valence-corrected chi connectivity index (χ3v) is 12.2. The van der Waals surface area contributed by atoms with Gasteiger partial charge in [0, 0.05) is 5.56 Å². The van der Waals surface area contributed by atoms with E-state index < -0.39 is 72.6 Å². The molecule has 0 fully saturated rings. The Morgan fingerprint density at radius 1 is 0.667 bits per heavy atom. The van der Waals surface area contributed by atoms with Gasteiger partial charge >= 0.3 is 23.9 Å². The molecule has 5 aromatic carbocycles.